The number of benzene rings is 1. The maximum absolute atomic E-state index is 10.3. The van der Waals surface area contributed by atoms with Crippen LogP contribution in [0.1, 0.15) is 30.7 Å². The van der Waals surface area contributed by atoms with Crippen molar-refractivity contribution in [3.63, 3.8) is 0 Å². The highest BCUT2D eigenvalue weighted by Crippen LogP contribution is 2.19. The molecular formula is C17H19N3O. The van der Waals surface area contributed by atoms with Crippen LogP contribution < -0.4 is 0 Å². The van der Waals surface area contributed by atoms with E-state index in [1.807, 2.05) is 47.3 Å². The third kappa shape index (κ3) is 3.11. The molecule has 1 atom stereocenters. The number of fused-ring (bicyclic) bond motifs is 1. The zero-order chi connectivity index (χ0) is 14.7. The molecule has 1 N–H and O–H groups in total. The lowest BCUT2D eigenvalue weighted by atomic mass is 10.1. The number of aryl methyl sites for hydroxylation is 1. The number of aliphatic hydroxyl groups is 1. The summed E-state index contributed by atoms with van der Waals surface area (Å²) >= 11 is 0. The average molecular weight is 281 g/mol. The number of nitrogens with zero attached hydrogens (tertiary/aromatic N) is 3. The lowest BCUT2D eigenvalue weighted by Crippen LogP contribution is -2.03. The van der Waals surface area contributed by atoms with E-state index in [2.05, 4.69) is 17.0 Å². The van der Waals surface area contributed by atoms with Crippen LogP contribution >= 0.6 is 0 Å². The minimum absolute atomic E-state index is 0.503. The van der Waals surface area contributed by atoms with Gasteiger partial charge in [-0.15, -0.1) is 0 Å². The Morgan fingerprint density at radius 1 is 1.19 bits per heavy atom. The highest BCUT2D eigenvalue weighted by Gasteiger charge is 2.12. The van der Waals surface area contributed by atoms with Crippen molar-refractivity contribution >= 4 is 10.9 Å². The first-order valence-electron chi connectivity index (χ1n) is 7.31. The largest absolute Gasteiger partial charge is 0.388 e. The molecule has 0 amide bonds. The summed E-state index contributed by atoms with van der Waals surface area (Å²) in [6, 6.07) is 12.0. The fraction of sp³-hybridized carbons (Fsp3) is 0.294. The summed E-state index contributed by atoms with van der Waals surface area (Å²) in [7, 11) is 0. The van der Waals surface area contributed by atoms with Crippen molar-refractivity contribution < 1.29 is 5.11 Å². The standard InChI is InChI=1S/C17H19N3O/c1-2-9-20-12-14(11-18-20)17(21)10-15-8-7-13-5-3-4-6-16(13)19-15/h3-8,11-12,17,21H,2,9-10H2,1H3. The predicted molar refractivity (Wildman–Crippen MR) is 82.9 cm³/mol. The van der Waals surface area contributed by atoms with Gasteiger partial charge in [0.25, 0.3) is 0 Å². The molecule has 0 aliphatic carbocycles. The van der Waals surface area contributed by atoms with Gasteiger partial charge in [-0.25, -0.2) is 0 Å². The third-order valence-corrected chi connectivity index (χ3v) is 3.55. The number of para-hydroxylation sites is 1. The van der Waals surface area contributed by atoms with Crippen LogP contribution in [-0.4, -0.2) is 19.9 Å². The van der Waals surface area contributed by atoms with E-state index in [9.17, 15) is 5.11 Å². The van der Waals surface area contributed by atoms with E-state index in [0.29, 0.717) is 6.42 Å². The van der Waals surface area contributed by atoms with Crippen LogP contribution in [0.5, 0.6) is 0 Å². The van der Waals surface area contributed by atoms with Crippen LogP contribution in [0, 0.1) is 0 Å². The molecule has 3 aromatic rings. The van der Waals surface area contributed by atoms with Crippen molar-refractivity contribution in [1.29, 1.82) is 0 Å². The SMILES string of the molecule is CCCn1cc(C(O)Cc2ccc3ccccc3n2)cn1. The molecule has 2 aromatic heterocycles. The smallest absolute Gasteiger partial charge is 0.0875 e. The van der Waals surface area contributed by atoms with E-state index in [1.165, 1.54) is 0 Å². The maximum Gasteiger partial charge on any atom is 0.0875 e. The molecule has 4 nitrogen and oxygen atoms in total. The Kier molecular flexibility index (Phi) is 3.97. The van der Waals surface area contributed by atoms with E-state index in [1.54, 1.807) is 6.20 Å². The van der Waals surface area contributed by atoms with Crippen LogP contribution in [-0.2, 0) is 13.0 Å². The number of pyridine rings is 1. The second kappa shape index (κ2) is 6.06. The summed E-state index contributed by atoms with van der Waals surface area (Å²) in [5.74, 6) is 0. The maximum atomic E-state index is 10.3. The molecule has 3 rings (SSSR count). The molecule has 0 fully saturated rings. The fourth-order valence-electron chi connectivity index (χ4n) is 2.44. The van der Waals surface area contributed by atoms with Crippen molar-refractivity contribution in [2.75, 3.05) is 0 Å². The first kappa shape index (κ1) is 13.8. The molecule has 4 heteroatoms. The van der Waals surface area contributed by atoms with Gasteiger partial charge >= 0.3 is 0 Å². The van der Waals surface area contributed by atoms with E-state index in [-0.39, 0.29) is 0 Å². The van der Waals surface area contributed by atoms with Gasteiger partial charge in [0.1, 0.15) is 0 Å². The van der Waals surface area contributed by atoms with Crippen molar-refractivity contribution in [2.24, 2.45) is 0 Å². The summed E-state index contributed by atoms with van der Waals surface area (Å²) in [5.41, 5.74) is 2.70. The third-order valence-electron chi connectivity index (χ3n) is 3.55. The summed E-state index contributed by atoms with van der Waals surface area (Å²) in [5, 5.41) is 15.7. The molecule has 0 saturated heterocycles. The lowest BCUT2D eigenvalue weighted by molar-refractivity contribution is 0.177. The Bertz CT molecular complexity index is 735. The van der Waals surface area contributed by atoms with Gasteiger partial charge in [-0.1, -0.05) is 31.2 Å². The summed E-state index contributed by atoms with van der Waals surface area (Å²) in [6.45, 7) is 2.98. The molecule has 0 aliphatic heterocycles. The van der Waals surface area contributed by atoms with Crippen molar-refractivity contribution in [2.45, 2.75) is 32.4 Å². The summed E-state index contributed by atoms with van der Waals surface area (Å²) in [4.78, 5) is 4.60. The Balaban J connectivity index is 1.76. The van der Waals surface area contributed by atoms with Crippen molar-refractivity contribution in [3.8, 4) is 0 Å². The van der Waals surface area contributed by atoms with Crippen LogP contribution in [0.2, 0.25) is 0 Å². The van der Waals surface area contributed by atoms with E-state index < -0.39 is 6.10 Å². The van der Waals surface area contributed by atoms with Gasteiger partial charge in [0.2, 0.25) is 0 Å². The monoisotopic (exact) mass is 281 g/mol. The second-order valence-electron chi connectivity index (χ2n) is 5.25. The van der Waals surface area contributed by atoms with Gasteiger partial charge < -0.3 is 5.11 Å². The van der Waals surface area contributed by atoms with Crippen LogP contribution in [0.3, 0.4) is 0 Å². The van der Waals surface area contributed by atoms with Crippen LogP contribution in [0.15, 0.2) is 48.8 Å². The normalized spacial score (nSPS) is 12.7. The van der Waals surface area contributed by atoms with Crippen molar-refractivity contribution in [3.05, 3.63) is 60.0 Å². The van der Waals surface area contributed by atoms with E-state index >= 15 is 0 Å². The first-order valence-corrected chi connectivity index (χ1v) is 7.31. The van der Waals surface area contributed by atoms with Gasteiger partial charge in [0, 0.05) is 35.8 Å². The molecule has 1 unspecified atom stereocenters. The minimum Gasteiger partial charge on any atom is -0.388 e. The molecule has 0 radical (unpaired) electrons. The van der Waals surface area contributed by atoms with Crippen molar-refractivity contribution in [1.82, 2.24) is 14.8 Å². The molecule has 0 bridgehead atoms. The van der Waals surface area contributed by atoms with Crippen LogP contribution in [0.4, 0.5) is 0 Å². The fourth-order valence-corrected chi connectivity index (χ4v) is 2.44. The Hall–Kier alpha value is -2.20. The molecular weight excluding hydrogens is 262 g/mol. The number of hydrogen-bond donors (Lipinski definition) is 1. The zero-order valence-corrected chi connectivity index (χ0v) is 12.1. The summed E-state index contributed by atoms with van der Waals surface area (Å²) < 4.78 is 1.87. The van der Waals surface area contributed by atoms with Gasteiger partial charge in [-0.2, -0.15) is 5.10 Å². The van der Waals surface area contributed by atoms with E-state index in [0.717, 1.165) is 35.1 Å². The zero-order valence-electron chi connectivity index (χ0n) is 12.1. The van der Waals surface area contributed by atoms with Gasteiger partial charge in [-0.3, -0.25) is 9.67 Å². The second-order valence-corrected chi connectivity index (χ2v) is 5.25. The van der Waals surface area contributed by atoms with Crippen LogP contribution in [0.25, 0.3) is 10.9 Å². The molecule has 108 valence electrons. The van der Waals surface area contributed by atoms with Gasteiger partial charge in [-0.05, 0) is 18.6 Å². The minimum atomic E-state index is -0.565. The van der Waals surface area contributed by atoms with Gasteiger partial charge in [0.15, 0.2) is 0 Å². The Morgan fingerprint density at radius 2 is 2.05 bits per heavy atom. The molecule has 0 spiro atoms. The number of aliphatic hydroxyl groups excluding tert-OH is 1. The molecule has 1 aromatic carbocycles. The molecule has 0 saturated carbocycles. The molecule has 21 heavy (non-hydrogen) atoms. The lowest BCUT2D eigenvalue weighted by Gasteiger charge is -2.08. The average Bonchev–Trinajstić information content (AvgIpc) is 2.96. The number of rotatable bonds is 5. The number of aromatic nitrogens is 3. The summed E-state index contributed by atoms with van der Waals surface area (Å²) in [6.07, 6.45) is 4.62. The highest BCUT2D eigenvalue weighted by molar-refractivity contribution is 5.78. The van der Waals surface area contributed by atoms with Gasteiger partial charge in [0.05, 0.1) is 17.8 Å². The molecule has 0 aliphatic rings. The predicted octanol–water partition coefficient (Wildman–Crippen LogP) is 3.12. The topological polar surface area (TPSA) is 50.9 Å². The highest BCUT2D eigenvalue weighted by atomic mass is 16.3. The Morgan fingerprint density at radius 3 is 2.90 bits per heavy atom. The quantitative estimate of drug-likeness (QED) is 0.781. The first-order chi connectivity index (χ1) is 10.3. The molecule has 2 heterocycles. The number of hydrogen-bond acceptors (Lipinski definition) is 3. The van der Waals surface area contributed by atoms with E-state index in [4.69, 9.17) is 0 Å². The Labute approximate surface area is 124 Å².